The molecule has 0 fully saturated rings. The number of hydrogen-bond donors (Lipinski definition) is 1. The van der Waals surface area contributed by atoms with Crippen LogP contribution in [0.5, 0.6) is 0 Å². The zero-order valence-electron chi connectivity index (χ0n) is 10.5. The van der Waals surface area contributed by atoms with E-state index in [9.17, 15) is 13.6 Å². The molecule has 0 atom stereocenters. The normalized spacial score (nSPS) is 10.6. The van der Waals surface area contributed by atoms with Gasteiger partial charge in [-0.2, -0.15) is 10.4 Å². The largest absolute Gasteiger partial charge is 0.481 e. The zero-order valence-corrected chi connectivity index (χ0v) is 11.3. The molecule has 0 aliphatic carbocycles. The lowest BCUT2D eigenvalue weighted by molar-refractivity contribution is -0.133. The maximum absolute atomic E-state index is 12.7. The van der Waals surface area contributed by atoms with Gasteiger partial charge in [-0.25, -0.2) is 13.5 Å². The van der Waals surface area contributed by atoms with Crippen molar-refractivity contribution in [3.63, 3.8) is 0 Å². The van der Waals surface area contributed by atoms with Gasteiger partial charge in [0.2, 0.25) is 0 Å². The highest BCUT2D eigenvalue weighted by molar-refractivity contribution is 7.99. The number of carbonyl (C=O) groups is 1. The molecule has 0 aliphatic heterocycles. The van der Waals surface area contributed by atoms with Gasteiger partial charge in [-0.05, 0) is 30.3 Å². The second kappa shape index (κ2) is 6.37. The predicted octanol–water partition coefficient (Wildman–Crippen LogP) is 2.86. The van der Waals surface area contributed by atoms with Crippen molar-refractivity contribution in [2.24, 2.45) is 0 Å². The van der Waals surface area contributed by atoms with E-state index in [0.717, 1.165) is 17.8 Å². The van der Waals surface area contributed by atoms with Crippen molar-refractivity contribution in [2.45, 2.75) is 11.5 Å². The van der Waals surface area contributed by atoms with Gasteiger partial charge >= 0.3 is 5.97 Å². The topological polar surface area (TPSA) is 78.9 Å². The summed E-state index contributed by atoms with van der Waals surface area (Å²) in [6.45, 7) is 0. The Kier molecular flexibility index (Phi) is 4.55. The number of halogens is 2. The molecule has 0 amide bonds. The number of thioether (sulfide) groups is 1. The zero-order chi connectivity index (χ0) is 15.4. The maximum atomic E-state index is 12.7. The Hall–Kier alpha value is -2.40. The highest BCUT2D eigenvalue weighted by Crippen LogP contribution is 2.27. The molecular formula is C13H9F2N3O2S. The van der Waals surface area contributed by atoms with Crippen molar-refractivity contribution in [3.05, 3.63) is 41.6 Å². The van der Waals surface area contributed by atoms with Gasteiger partial charge in [0.25, 0.3) is 6.43 Å². The first-order chi connectivity index (χ1) is 10.0. The predicted molar refractivity (Wildman–Crippen MR) is 71.6 cm³/mol. The van der Waals surface area contributed by atoms with E-state index < -0.39 is 18.1 Å². The first-order valence-electron chi connectivity index (χ1n) is 5.74. The smallest absolute Gasteiger partial charge is 0.313 e. The summed E-state index contributed by atoms with van der Waals surface area (Å²) in [5, 5.41) is 21.5. The molecule has 21 heavy (non-hydrogen) atoms. The van der Waals surface area contributed by atoms with Crippen LogP contribution < -0.4 is 0 Å². The molecule has 8 heteroatoms. The van der Waals surface area contributed by atoms with Gasteiger partial charge in [0.15, 0.2) is 0 Å². The van der Waals surface area contributed by atoms with Crippen LogP contribution in [-0.2, 0) is 4.79 Å². The average Bonchev–Trinajstić information content (AvgIpc) is 2.89. The van der Waals surface area contributed by atoms with Crippen LogP contribution in [0.15, 0.2) is 35.4 Å². The van der Waals surface area contributed by atoms with E-state index >= 15 is 0 Å². The fourth-order valence-corrected chi connectivity index (χ4v) is 2.33. The number of nitrogens with zero attached hydrogens (tertiary/aromatic N) is 3. The Balaban J connectivity index is 2.39. The molecule has 0 saturated heterocycles. The minimum Gasteiger partial charge on any atom is -0.481 e. The molecule has 0 aliphatic rings. The molecule has 0 bridgehead atoms. The summed E-state index contributed by atoms with van der Waals surface area (Å²) < 4.78 is 26.7. The number of carboxylic acids is 1. The van der Waals surface area contributed by atoms with Gasteiger partial charge in [-0.15, -0.1) is 0 Å². The minimum absolute atomic E-state index is 0.259. The summed E-state index contributed by atoms with van der Waals surface area (Å²) in [5.41, 5.74) is 0.487. The lowest BCUT2D eigenvalue weighted by atomic mass is 10.2. The number of aromatic nitrogens is 2. The lowest BCUT2D eigenvalue weighted by Gasteiger charge is -2.06. The molecule has 5 nitrogen and oxygen atoms in total. The van der Waals surface area contributed by atoms with Crippen molar-refractivity contribution in [1.82, 2.24) is 9.78 Å². The summed E-state index contributed by atoms with van der Waals surface area (Å²) in [5.74, 6) is -1.31. The van der Waals surface area contributed by atoms with E-state index in [0.29, 0.717) is 16.3 Å². The van der Waals surface area contributed by atoms with Crippen LogP contribution in [0.1, 0.15) is 17.7 Å². The molecule has 0 spiro atoms. The van der Waals surface area contributed by atoms with Crippen molar-refractivity contribution in [2.75, 3.05) is 5.75 Å². The Morgan fingerprint density at radius 2 is 2.10 bits per heavy atom. The highest BCUT2D eigenvalue weighted by Gasteiger charge is 2.17. The summed E-state index contributed by atoms with van der Waals surface area (Å²) in [7, 11) is 0. The van der Waals surface area contributed by atoms with Crippen LogP contribution in [0.2, 0.25) is 0 Å². The highest BCUT2D eigenvalue weighted by atomic mass is 32.2. The van der Waals surface area contributed by atoms with E-state index in [1.165, 1.54) is 16.8 Å². The van der Waals surface area contributed by atoms with Gasteiger partial charge in [-0.1, -0.05) is 11.8 Å². The summed E-state index contributed by atoms with van der Waals surface area (Å²) in [6.07, 6.45) is -2.74. The van der Waals surface area contributed by atoms with Crippen LogP contribution >= 0.6 is 11.8 Å². The Morgan fingerprint density at radius 3 is 2.62 bits per heavy atom. The monoisotopic (exact) mass is 309 g/mol. The molecule has 1 aromatic carbocycles. The first kappa shape index (κ1) is 15.0. The molecule has 108 valence electrons. The summed E-state index contributed by atoms with van der Waals surface area (Å²) >= 11 is 0.901. The fourth-order valence-electron chi connectivity index (χ4n) is 1.59. The quantitative estimate of drug-likeness (QED) is 0.859. The van der Waals surface area contributed by atoms with Crippen molar-refractivity contribution in [3.8, 4) is 11.8 Å². The third kappa shape index (κ3) is 3.58. The number of alkyl halides is 2. The van der Waals surface area contributed by atoms with Gasteiger partial charge in [0.1, 0.15) is 10.7 Å². The second-order valence-corrected chi connectivity index (χ2v) is 4.96. The number of hydrogen-bond acceptors (Lipinski definition) is 4. The third-order valence-electron chi connectivity index (χ3n) is 2.50. The van der Waals surface area contributed by atoms with E-state index in [2.05, 4.69) is 5.10 Å². The molecular weight excluding hydrogens is 300 g/mol. The van der Waals surface area contributed by atoms with E-state index in [-0.39, 0.29) is 5.75 Å². The number of rotatable bonds is 5. The standard InChI is InChI=1S/C13H9F2N3O2S/c14-13(15)10-5-11(21-7-12(19)20)18(17-10)9-3-1-8(6-16)2-4-9/h1-5,13H,7H2,(H,19,20). The van der Waals surface area contributed by atoms with Crippen molar-refractivity contribution in [1.29, 1.82) is 5.26 Å². The van der Waals surface area contributed by atoms with Gasteiger partial charge in [0, 0.05) is 0 Å². The fraction of sp³-hybridized carbons (Fsp3) is 0.154. The molecule has 1 N–H and O–H groups in total. The van der Waals surface area contributed by atoms with Crippen LogP contribution in [-0.4, -0.2) is 26.6 Å². The molecule has 2 aromatic rings. The van der Waals surface area contributed by atoms with Gasteiger partial charge < -0.3 is 5.11 Å². The van der Waals surface area contributed by atoms with Crippen LogP contribution in [0, 0.1) is 11.3 Å². The molecule has 0 unspecified atom stereocenters. The summed E-state index contributed by atoms with van der Waals surface area (Å²) in [6, 6.07) is 9.30. The average molecular weight is 309 g/mol. The number of benzene rings is 1. The third-order valence-corrected chi connectivity index (χ3v) is 3.48. The van der Waals surface area contributed by atoms with Crippen LogP contribution in [0.25, 0.3) is 5.69 Å². The van der Waals surface area contributed by atoms with Crippen LogP contribution in [0.4, 0.5) is 8.78 Å². The Bertz CT molecular complexity index is 692. The minimum atomic E-state index is -2.74. The maximum Gasteiger partial charge on any atom is 0.313 e. The van der Waals surface area contributed by atoms with Crippen LogP contribution in [0.3, 0.4) is 0 Å². The molecule has 2 rings (SSSR count). The van der Waals surface area contributed by atoms with E-state index in [4.69, 9.17) is 10.4 Å². The Labute approximate surface area is 122 Å². The molecule has 0 saturated carbocycles. The van der Waals surface area contributed by atoms with Crippen molar-refractivity contribution < 1.29 is 18.7 Å². The SMILES string of the molecule is N#Cc1ccc(-n2nc(C(F)F)cc2SCC(=O)O)cc1. The van der Waals surface area contributed by atoms with Gasteiger partial charge in [-0.3, -0.25) is 4.79 Å². The second-order valence-electron chi connectivity index (χ2n) is 3.96. The first-order valence-corrected chi connectivity index (χ1v) is 6.73. The number of aliphatic carboxylic acids is 1. The molecule has 1 aromatic heterocycles. The van der Waals surface area contributed by atoms with E-state index in [1.54, 1.807) is 12.1 Å². The van der Waals surface area contributed by atoms with E-state index in [1.807, 2.05) is 6.07 Å². The number of nitriles is 1. The summed E-state index contributed by atoms with van der Waals surface area (Å²) in [4.78, 5) is 10.6. The Morgan fingerprint density at radius 1 is 1.43 bits per heavy atom. The van der Waals surface area contributed by atoms with Gasteiger partial charge in [0.05, 0.1) is 23.1 Å². The lowest BCUT2D eigenvalue weighted by Crippen LogP contribution is -2.02. The van der Waals surface area contributed by atoms with Crippen molar-refractivity contribution >= 4 is 17.7 Å². The number of carboxylic acid groups (broad SMARTS) is 1. The molecule has 0 radical (unpaired) electrons. The molecule has 1 heterocycles.